The Morgan fingerprint density at radius 1 is 1.32 bits per heavy atom. The summed E-state index contributed by atoms with van der Waals surface area (Å²) in [6.45, 7) is 14.5. The van der Waals surface area contributed by atoms with E-state index in [-0.39, 0.29) is 5.54 Å². The van der Waals surface area contributed by atoms with Crippen molar-refractivity contribution in [2.24, 2.45) is 7.05 Å². The zero-order chi connectivity index (χ0) is 14.5. The molecule has 1 aromatic heterocycles. The SMILES string of the molecule is CCCNC(c1cnn(C)c1)C(C)(C)N(CC)CC. The number of nitrogens with zero attached hydrogens (tertiary/aromatic N) is 3. The summed E-state index contributed by atoms with van der Waals surface area (Å²) in [6, 6.07) is 0.307. The monoisotopic (exact) mass is 266 g/mol. The van der Waals surface area contributed by atoms with Crippen LogP contribution < -0.4 is 5.32 Å². The van der Waals surface area contributed by atoms with Gasteiger partial charge in [-0.05, 0) is 39.9 Å². The summed E-state index contributed by atoms with van der Waals surface area (Å²) in [5, 5.41) is 8.02. The molecule has 1 N–H and O–H groups in total. The first kappa shape index (κ1) is 16.2. The fourth-order valence-electron chi connectivity index (χ4n) is 2.87. The van der Waals surface area contributed by atoms with E-state index in [0.717, 1.165) is 26.1 Å². The molecule has 110 valence electrons. The quantitative estimate of drug-likeness (QED) is 0.785. The van der Waals surface area contributed by atoms with Gasteiger partial charge < -0.3 is 5.32 Å². The van der Waals surface area contributed by atoms with Crippen molar-refractivity contribution in [2.45, 2.75) is 52.6 Å². The third-order valence-electron chi connectivity index (χ3n) is 3.94. The van der Waals surface area contributed by atoms with Gasteiger partial charge in [-0.25, -0.2) is 0 Å². The summed E-state index contributed by atoms with van der Waals surface area (Å²) < 4.78 is 1.88. The van der Waals surface area contributed by atoms with E-state index < -0.39 is 0 Å². The van der Waals surface area contributed by atoms with Crippen LogP contribution in [0, 0.1) is 0 Å². The molecule has 0 spiro atoms. The van der Waals surface area contributed by atoms with E-state index >= 15 is 0 Å². The minimum absolute atomic E-state index is 0.0711. The van der Waals surface area contributed by atoms with E-state index in [1.807, 2.05) is 17.9 Å². The van der Waals surface area contributed by atoms with Crippen molar-refractivity contribution in [1.29, 1.82) is 0 Å². The molecule has 4 heteroatoms. The predicted octanol–water partition coefficient (Wildman–Crippen LogP) is 2.58. The lowest BCUT2D eigenvalue weighted by Gasteiger charge is -2.43. The normalized spacial score (nSPS) is 14.1. The Hall–Kier alpha value is -0.870. The molecule has 1 aromatic rings. The molecule has 0 aliphatic carbocycles. The summed E-state index contributed by atoms with van der Waals surface area (Å²) in [5.74, 6) is 0. The van der Waals surface area contributed by atoms with Gasteiger partial charge in [0.1, 0.15) is 0 Å². The first-order chi connectivity index (χ1) is 8.97. The van der Waals surface area contributed by atoms with Gasteiger partial charge in [0.25, 0.3) is 0 Å². The standard InChI is InChI=1S/C15H30N4/c1-7-10-16-14(13-11-17-18(6)12-13)15(4,5)19(8-2)9-3/h11-12,14,16H,7-10H2,1-6H3. The lowest BCUT2D eigenvalue weighted by molar-refractivity contribution is 0.0911. The van der Waals surface area contributed by atoms with Gasteiger partial charge in [0, 0.05) is 24.3 Å². The molecule has 0 aliphatic heterocycles. The van der Waals surface area contributed by atoms with Crippen molar-refractivity contribution in [2.75, 3.05) is 19.6 Å². The number of hydrogen-bond donors (Lipinski definition) is 1. The number of aryl methyl sites for hydroxylation is 1. The molecule has 19 heavy (non-hydrogen) atoms. The van der Waals surface area contributed by atoms with Crippen molar-refractivity contribution in [3.05, 3.63) is 18.0 Å². The number of likely N-dealkylation sites (N-methyl/N-ethyl adjacent to an activating group) is 1. The van der Waals surface area contributed by atoms with E-state index in [1.165, 1.54) is 5.56 Å². The number of hydrogen-bond acceptors (Lipinski definition) is 3. The molecule has 1 unspecified atom stereocenters. The average molecular weight is 266 g/mol. The van der Waals surface area contributed by atoms with Crippen molar-refractivity contribution >= 4 is 0 Å². The van der Waals surface area contributed by atoms with Gasteiger partial charge in [-0.3, -0.25) is 9.58 Å². The van der Waals surface area contributed by atoms with Gasteiger partial charge in [0.05, 0.1) is 12.2 Å². The second-order valence-corrected chi connectivity index (χ2v) is 5.66. The van der Waals surface area contributed by atoms with Gasteiger partial charge in [0.15, 0.2) is 0 Å². The smallest absolute Gasteiger partial charge is 0.0538 e. The number of rotatable bonds is 8. The highest BCUT2D eigenvalue weighted by Crippen LogP contribution is 2.30. The largest absolute Gasteiger partial charge is 0.308 e. The molecule has 0 saturated carbocycles. The lowest BCUT2D eigenvalue weighted by Crippen LogP contribution is -2.52. The Bertz CT molecular complexity index is 366. The Balaban J connectivity index is 3.01. The van der Waals surface area contributed by atoms with Crippen molar-refractivity contribution in [3.8, 4) is 0 Å². The summed E-state index contributed by atoms with van der Waals surface area (Å²) >= 11 is 0. The van der Waals surface area contributed by atoms with Gasteiger partial charge >= 0.3 is 0 Å². The predicted molar refractivity (Wildman–Crippen MR) is 81.2 cm³/mol. The van der Waals surface area contributed by atoms with Crippen LogP contribution in [0.15, 0.2) is 12.4 Å². The van der Waals surface area contributed by atoms with Crippen LogP contribution in [-0.4, -0.2) is 39.9 Å². The van der Waals surface area contributed by atoms with E-state index in [4.69, 9.17) is 0 Å². The van der Waals surface area contributed by atoms with Crippen LogP contribution >= 0.6 is 0 Å². The fourth-order valence-corrected chi connectivity index (χ4v) is 2.87. The highest BCUT2D eigenvalue weighted by molar-refractivity contribution is 5.16. The molecule has 1 rings (SSSR count). The topological polar surface area (TPSA) is 33.1 Å². The maximum atomic E-state index is 4.33. The Kier molecular flexibility index (Phi) is 6.01. The van der Waals surface area contributed by atoms with Crippen molar-refractivity contribution in [1.82, 2.24) is 20.0 Å². The van der Waals surface area contributed by atoms with Crippen LogP contribution in [0.2, 0.25) is 0 Å². The third kappa shape index (κ3) is 3.80. The van der Waals surface area contributed by atoms with Crippen molar-refractivity contribution in [3.63, 3.8) is 0 Å². The zero-order valence-corrected chi connectivity index (χ0v) is 13.4. The maximum Gasteiger partial charge on any atom is 0.0538 e. The van der Waals surface area contributed by atoms with E-state index in [2.05, 4.69) is 56.1 Å². The molecular weight excluding hydrogens is 236 g/mol. The minimum Gasteiger partial charge on any atom is -0.308 e. The van der Waals surface area contributed by atoms with Gasteiger partial charge in [-0.15, -0.1) is 0 Å². The first-order valence-corrected chi connectivity index (χ1v) is 7.44. The molecule has 0 amide bonds. The highest BCUT2D eigenvalue weighted by Gasteiger charge is 2.35. The molecule has 0 bridgehead atoms. The highest BCUT2D eigenvalue weighted by atomic mass is 15.3. The zero-order valence-electron chi connectivity index (χ0n) is 13.4. The Labute approximate surface area is 118 Å². The summed E-state index contributed by atoms with van der Waals surface area (Å²) in [7, 11) is 1.98. The van der Waals surface area contributed by atoms with E-state index in [1.54, 1.807) is 0 Å². The van der Waals surface area contributed by atoms with Crippen molar-refractivity contribution < 1.29 is 0 Å². The summed E-state index contributed by atoms with van der Waals surface area (Å²) in [6.07, 6.45) is 5.25. The maximum absolute atomic E-state index is 4.33. The second-order valence-electron chi connectivity index (χ2n) is 5.66. The van der Waals surface area contributed by atoms with Crippen LogP contribution in [0.1, 0.15) is 52.6 Å². The minimum atomic E-state index is 0.0711. The molecular formula is C15H30N4. The number of aromatic nitrogens is 2. The fraction of sp³-hybridized carbons (Fsp3) is 0.800. The average Bonchev–Trinajstić information content (AvgIpc) is 2.77. The first-order valence-electron chi connectivity index (χ1n) is 7.44. The van der Waals surface area contributed by atoms with Crippen LogP contribution in [-0.2, 0) is 7.05 Å². The van der Waals surface area contributed by atoms with E-state index in [9.17, 15) is 0 Å². The molecule has 0 fully saturated rings. The van der Waals surface area contributed by atoms with Gasteiger partial charge in [0.2, 0.25) is 0 Å². The van der Waals surface area contributed by atoms with Crippen LogP contribution in [0.5, 0.6) is 0 Å². The van der Waals surface area contributed by atoms with Gasteiger partial charge in [-0.2, -0.15) is 5.10 Å². The number of nitrogens with one attached hydrogen (secondary N) is 1. The molecule has 0 saturated heterocycles. The van der Waals surface area contributed by atoms with Crippen LogP contribution in [0.25, 0.3) is 0 Å². The summed E-state index contributed by atoms with van der Waals surface area (Å²) in [5.41, 5.74) is 1.34. The lowest BCUT2D eigenvalue weighted by atomic mass is 9.88. The van der Waals surface area contributed by atoms with Crippen LogP contribution in [0.4, 0.5) is 0 Å². The molecule has 0 aliphatic rings. The molecule has 4 nitrogen and oxygen atoms in total. The Morgan fingerprint density at radius 3 is 2.37 bits per heavy atom. The Morgan fingerprint density at radius 2 is 1.95 bits per heavy atom. The van der Waals surface area contributed by atoms with Gasteiger partial charge in [-0.1, -0.05) is 20.8 Å². The van der Waals surface area contributed by atoms with Crippen LogP contribution in [0.3, 0.4) is 0 Å². The molecule has 1 heterocycles. The molecule has 0 aromatic carbocycles. The molecule has 0 radical (unpaired) electrons. The second kappa shape index (κ2) is 7.06. The van der Waals surface area contributed by atoms with E-state index in [0.29, 0.717) is 6.04 Å². The summed E-state index contributed by atoms with van der Waals surface area (Å²) in [4.78, 5) is 2.51. The molecule has 1 atom stereocenters. The third-order valence-corrected chi connectivity index (χ3v) is 3.94.